The van der Waals surface area contributed by atoms with Gasteiger partial charge >= 0.3 is 0 Å². The summed E-state index contributed by atoms with van der Waals surface area (Å²) >= 11 is 0. The molecule has 1 rings (SSSR count). The van der Waals surface area contributed by atoms with Gasteiger partial charge in [0.25, 0.3) is 0 Å². The molecule has 0 heteroatoms. The molecular formula is C16H34. The molecule has 0 spiro atoms. The maximum atomic E-state index is 2.47. The topological polar surface area (TPSA) is 0 Å². The standard InChI is InChI=1S/C15H30.CH4/c1-13(2,3)11-9-10-15(7,8)12(11)14(4,5)6;/h11-12H,9-10H2,1-8H3;1H4. The van der Waals surface area contributed by atoms with E-state index in [0.29, 0.717) is 16.2 Å². The molecule has 0 radical (unpaired) electrons. The van der Waals surface area contributed by atoms with Gasteiger partial charge in [0.05, 0.1) is 0 Å². The van der Waals surface area contributed by atoms with Crippen LogP contribution in [-0.2, 0) is 0 Å². The first-order chi connectivity index (χ1) is 6.46. The lowest BCUT2D eigenvalue weighted by molar-refractivity contribution is 0.0344. The molecule has 2 unspecified atom stereocenters. The minimum atomic E-state index is 0. The summed E-state index contributed by atoms with van der Waals surface area (Å²) in [4.78, 5) is 0. The lowest BCUT2D eigenvalue weighted by Crippen LogP contribution is -2.38. The maximum absolute atomic E-state index is 2.47. The molecule has 0 nitrogen and oxygen atoms in total. The predicted octanol–water partition coefficient (Wildman–Crippen LogP) is 5.77. The first-order valence-corrected chi connectivity index (χ1v) is 6.46. The van der Waals surface area contributed by atoms with E-state index >= 15 is 0 Å². The summed E-state index contributed by atoms with van der Waals surface area (Å²) in [5.74, 6) is 1.73. The number of hydrogen-bond donors (Lipinski definition) is 0. The van der Waals surface area contributed by atoms with Crippen molar-refractivity contribution in [1.82, 2.24) is 0 Å². The third kappa shape index (κ3) is 3.02. The molecular weight excluding hydrogens is 192 g/mol. The van der Waals surface area contributed by atoms with Crippen molar-refractivity contribution in [3.63, 3.8) is 0 Å². The largest absolute Gasteiger partial charge is 0.0776 e. The van der Waals surface area contributed by atoms with E-state index in [1.54, 1.807) is 0 Å². The third-order valence-corrected chi connectivity index (χ3v) is 4.39. The SMILES string of the molecule is C.CC(C)(C)C1CCC(C)(C)C1C(C)(C)C. The molecule has 1 saturated carbocycles. The molecule has 0 saturated heterocycles. The molecule has 1 fully saturated rings. The van der Waals surface area contributed by atoms with Crippen molar-refractivity contribution in [2.45, 2.75) is 75.7 Å². The van der Waals surface area contributed by atoms with E-state index in [9.17, 15) is 0 Å². The molecule has 1 aliphatic rings. The zero-order chi connectivity index (χ0) is 12.1. The smallest absolute Gasteiger partial charge is 0.0281 e. The predicted molar refractivity (Wildman–Crippen MR) is 75.6 cm³/mol. The van der Waals surface area contributed by atoms with Crippen molar-refractivity contribution in [3.05, 3.63) is 0 Å². The lowest BCUT2D eigenvalue weighted by Gasteiger charge is -2.45. The molecule has 0 heterocycles. The maximum Gasteiger partial charge on any atom is -0.0281 e. The molecule has 0 aromatic heterocycles. The second-order valence-corrected chi connectivity index (χ2v) is 8.34. The minimum absolute atomic E-state index is 0. The lowest BCUT2D eigenvalue weighted by atomic mass is 9.60. The van der Waals surface area contributed by atoms with Crippen LogP contribution in [0.5, 0.6) is 0 Å². The quantitative estimate of drug-likeness (QED) is 0.492. The van der Waals surface area contributed by atoms with E-state index in [0.717, 1.165) is 11.8 Å². The van der Waals surface area contributed by atoms with Crippen LogP contribution in [-0.4, -0.2) is 0 Å². The van der Waals surface area contributed by atoms with Gasteiger partial charge in [-0.2, -0.15) is 0 Å². The zero-order valence-electron chi connectivity index (χ0n) is 12.1. The molecule has 0 amide bonds. The van der Waals surface area contributed by atoms with Crippen molar-refractivity contribution in [3.8, 4) is 0 Å². The Hall–Kier alpha value is 0. The summed E-state index contributed by atoms with van der Waals surface area (Å²) in [6, 6.07) is 0. The normalized spacial score (nSPS) is 30.0. The molecule has 0 aliphatic heterocycles. The summed E-state index contributed by atoms with van der Waals surface area (Å²) in [6.07, 6.45) is 2.81. The van der Waals surface area contributed by atoms with Gasteiger partial charge in [0.2, 0.25) is 0 Å². The average molecular weight is 226 g/mol. The molecule has 0 aromatic carbocycles. The molecule has 0 aromatic rings. The Labute approximate surface area is 104 Å². The third-order valence-electron chi connectivity index (χ3n) is 4.39. The van der Waals surface area contributed by atoms with E-state index in [2.05, 4.69) is 55.4 Å². The van der Waals surface area contributed by atoms with Crippen LogP contribution in [0.3, 0.4) is 0 Å². The Morgan fingerprint density at radius 2 is 1.31 bits per heavy atom. The first-order valence-electron chi connectivity index (χ1n) is 6.46. The highest BCUT2D eigenvalue weighted by atomic mass is 14.6. The molecule has 0 bridgehead atoms. The molecule has 16 heavy (non-hydrogen) atoms. The van der Waals surface area contributed by atoms with Crippen molar-refractivity contribution < 1.29 is 0 Å². The van der Waals surface area contributed by atoms with Crippen LogP contribution in [0.4, 0.5) is 0 Å². The highest BCUT2D eigenvalue weighted by Gasteiger charge is 2.50. The second kappa shape index (κ2) is 4.35. The summed E-state index contributed by atoms with van der Waals surface area (Å²) in [5, 5.41) is 0. The van der Waals surface area contributed by atoms with Gasteiger partial charge in [-0.3, -0.25) is 0 Å². The molecule has 1 aliphatic carbocycles. The minimum Gasteiger partial charge on any atom is -0.0776 e. The van der Waals surface area contributed by atoms with Gasteiger partial charge in [0.1, 0.15) is 0 Å². The van der Waals surface area contributed by atoms with Gasteiger partial charge in [-0.25, -0.2) is 0 Å². The van der Waals surface area contributed by atoms with E-state index in [4.69, 9.17) is 0 Å². The van der Waals surface area contributed by atoms with Gasteiger partial charge in [0.15, 0.2) is 0 Å². The molecule has 2 atom stereocenters. The van der Waals surface area contributed by atoms with Gasteiger partial charge in [0, 0.05) is 0 Å². The van der Waals surface area contributed by atoms with Crippen molar-refractivity contribution in [2.75, 3.05) is 0 Å². The van der Waals surface area contributed by atoms with Crippen LogP contribution >= 0.6 is 0 Å². The van der Waals surface area contributed by atoms with Crippen LogP contribution in [0.25, 0.3) is 0 Å². The number of rotatable bonds is 0. The monoisotopic (exact) mass is 226 g/mol. The Morgan fingerprint density at radius 1 is 0.875 bits per heavy atom. The van der Waals surface area contributed by atoms with Gasteiger partial charge < -0.3 is 0 Å². The Morgan fingerprint density at radius 3 is 1.56 bits per heavy atom. The average Bonchev–Trinajstić information content (AvgIpc) is 2.21. The van der Waals surface area contributed by atoms with E-state index in [-0.39, 0.29) is 7.43 Å². The fourth-order valence-corrected chi connectivity index (χ4v) is 4.10. The van der Waals surface area contributed by atoms with Crippen molar-refractivity contribution in [1.29, 1.82) is 0 Å². The van der Waals surface area contributed by atoms with E-state index < -0.39 is 0 Å². The van der Waals surface area contributed by atoms with Crippen LogP contribution in [0.1, 0.15) is 75.7 Å². The Bertz CT molecular complexity index is 221. The van der Waals surface area contributed by atoms with E-state index in [1.165, 1.54) is 12.8 Å². The summed E-state index contributed by atoms with van der Waals surface area (Å²) in [5.41, 5.74) is 1.43. The Balaban J connectivity index is 0.00000225. The van der Waals surface area contributed by atoms with Crippen LogP contribution in [0.2, 0.25) is 0 Å². The highest BCUT2D eigenvalue weighted by Crippen LogP contribution is 2.58. The summed E-state index contributed by atoms with van der Waals surface area (Å²) in [7, 11) is 0. The van der Waals surface area contributed by atoms with Gasteiger partial charge in [-0.15, -0.1) is 0 Å². The van der Waals surface area contributed by atoms with Crippen molar-refractivity contribution in [2.24, 2.45) is 28.1 Å². The van der Waals surface area contributed by atoms with Gasteiger partial charge in [-0.1, -0.05) is 62.8 Å². The van der Waals surface area contributed by atoms with Crippen LogP contribution in [0, 0.1) is 28.1 Å². The summed E-state index contributed by atoms with van der Waals surface area (Å²) < 4.78 is 0. The fourth-order valence-electron chi connectivity index (χ4n) is 4.10. The fraction of sp³-hybridized carbons (Fsp3) is 1.00. The second-order valence-electron chi connectivity index (χ2n) is 8.34. The van der Waals surface area contributed by atoms with Crippen molar-refractivity contribution >= 4 is 0 Å². The Kier molecular flexibility index (Phi) is 4.35. The van der Waals surface area contributed by atoms with Gasteiger partial charge in [-0.05, 0) is 40.9 Å². The molecule has 98 valence electrons. The summed E-state index contributed by atoms with van der Waals surface area (Å²) in [6.45, 7) is 19.4. The zero-order valence-corrected chi connectivity index (χ0v) is 12.1. The van der Waals surface area contributed by atoms with Crippen LogP contribution < -0.4 is 0 Å². The molecule has 0 N–H and O–H groups in total. The van der Waals surface area contributed by atoms with E-state index in [1.807, 2.05) is 0 Å². The highest BCUT2D eigenvalue weighted by molar-refractivity contribution is 5.00. The first kappa shape index (κ1) is 16.0. The van der Waals surface area contributed by atoms with Crippen LogP contribution in [0.15, 0.2) is 0 Å². The number of hydrogen-bond acceptors (Lipinski definition) is 0.